The molecule has 1 aromatic rings. The fraction of sp³-hybridized carbons (Fsp3) is 0.571. The molecule has 1 aliphatic rings. The Kier molecular flexibility index (Phi) is 4.99. The molecule has 4 nitrogen and oxygen atoms in total. The van der Waals surface area contributed by atoms with Crippen molar-refractivity contribution in [1.82, 2.24) is 5.32 Å². The van der Waals surface area contributed by atoms with Gasteiger partial charge in [0.15, 0.2) is 5.11 Å². The second-order valence-electron chi connectivity index (χ2n) is 4.79. The molecular formula is C14H20N2O2S2. The fourth-order valence-electron chi connectivity index (χ4n) is 2.06. The van der Waals surface area contributed by atoms with Gasteiger partial charge in [-0.2, -0.15) is 0 Å². The first kappa shape index (κ1) is 15.3. The number of hydrogen-bond donors (Lipinski definition) is 2. The monoisotopic (exact) mass is 312 g/mol. The van der Waals surface area contributed by atoms with E-state index in [-0.39, 0.29) is 5.97 Å². The topological polar surface area (TPSA) is 50.4 Å². The van der Waals surface area contributed by atoms with Crippen molar-refractivity contribution in [3.63, 3.8) is 0 Å². The van der Waals surface area contributed by atoms with Crippen LogP contribution in [-0.2, 0) is 11.2 Å². The highest BCUT2D eigenvalue weighted by Gasteiger charge is 2.25. The summed E-state index contributed by atoms with van der Waals surface area (Å²) in [7, 11) is 0. The summed E-state index contributed by atoms with van der Waals surface area (Å²) in [5.74, 6) is -0.273. The lowest BCUT2D eigenvalue weighted by Gasteiger charge is -2.10. The maximum absolute atomic E-state index is 12.2. The minimum Gasteiger partial charge on any atom is -0.462 e. The first-order valence-corrected chi connectivity index (χ1v) is 8.16. The van der Waals surface area contributed by atoms with Gasteiger partial charge >= 0.3 is 5.97 Å². The molecule has 1 fully saturated rings. The molecule has 0 bridgehead atoms. The van der Waals surface area contributed by atoms with Crippen molar-refractivity contribution in [2.75, 3.05) is 11.9 Å². The lowest BCUT2D eigenvalue weighted by molar-refractivity contribution is 0.0527. The Balaban J connectivity index is 2.21. The lowest BCUT2D eigenvalue weighted by Crippen LogP contribution is -2.30. The average Bonchev–Trinajstić information content (AvgIpc) is 3.12. The Morgan fingerprint density at radius 3 is 2.70 bits per heavy atom. The van der Waals surface area contributed by atoms with E-state index in [1.54, 1.807) is 11.3 Å². The van der Waals surface area contributed by atoms with Crippen molar-refractivity contribution in [3.8, 4) is 0 Å². The van der Waals surface area contributed by atoms with Crippen molar-refractivity contribution in [2.24, 2.45) is 0 Å². The molecule has 0 aliphatic heterocycles. The summed E-state index contributed by atoms with van der Waals surface area (Å²) in [5, 5.41) is 7.75. The SMILES string of the molecule is CCOC(=O)c1c(NC(=S)NC2CC2)sc(C)c1CC. The predicted octanol–water partition coefficient (Wildman–Crippen LogP) is 3.24. The van der Waals surface area contributed by atoms with Crippen molar-refractivity contribution >= 4 is 39.6 Å². The zero-order chi connectivity index (χ0) is 14.7. The van der Waals surface area contributed by atoms with Gasteiger partial charge in [0.25, 0.3) is 0 Å². The smallest absolute Gasteiger partial charge is 0.341 e. The Morgan fingerprint density at radius 1 is 1.45 bits per heavy atom. The molecule has 0 saturated heterocycles. The van der Waals surface area contributed by atoms with Crippen molar-refractivity contribution in [2.45, 2.75) is 46.1 Å². The first-order chi connectivity index (χ1) is 9.56. The summed E-state index contributed by atoms with van der Waals surface area (Å²) < 4.78 is 5.16. The molecule has 1 saturated carbocycles. The molecule has 1 aromatic heterocycles. The van der Waals surface area contributed by atoms with E-state index in [4.69, 9.17) is 17.0 Å². The van der Waals surface area contributed by atoms with Gasteiger partial charge in [-0.05, 0) is 50.9 Å². The molecule has 0 unspecified atom stereocenters. The highest BCUT2D eigenvalue weighted by Crippen LogP contribution is 2.34. The van der Waals surface area contributed by atoms with Gasteiger partial charge in [0.05, 0.1) is 12.2 Å². The maximum Gasteiger partial charge on any atom is 0.341 e. The van der Waals surface area contributed by atoms with Gasteiger partial charge in [0.2, 0.25) is 0 Å². The fourth-order valence-corrected chi connectivity index (χ4v) is 3.53. The Bertz CT molecular complexity index is 521. The lowest BCUT2D eigenvalue weighted by atomic mass is 10.1. The van der Waals surface area contributed by atoms with Gasteiger partial charge < -0.3 is 15.4 Å². The summed E-state index contributed by atoms with van der Waals surface area (Å²) in [6.07, 6.45) is 3.13. The molecular weight excluding hydrogens is 292 g/mol. The number of carbonyl (C=O) groups excluding carboxylic acids is 1. The van der Waals surface area contributed by atoms with E-state index in [1.807, 2.05) is 20.8 Å². The number of aryl methyl sites for hydroxylation is 1. The Labute approximate surface area is 128 Å². The molecule has 0 aromatic carbocycles. The van der Waals surface area contributed by atoms with Crippen LogP contribution in [0, 0.1) is 6.92 Å². The largest absolute Gasteiger partial charge is 0.462 e. The van der Waals surface area contributed by atoms with E-state index in [1.165, 1.54) is 0 Å². The third-order valence-corrected chi connectivity index (χ3v) is 4.46. The maximum atomic E-state index is 12.2. The predicted molar refractivity (Wildman–Crippen MR) is 86.8 cm³/mol. The van der Waals surface area contributed by atoms with Crippen LogP contribution in [0.1, 0.15) is 47.5 Å². The number of thiocarbonyl (C=S) groups is 1. The summed E-state index contributed by atoms with van der Waals surface area (Å²) in [6.45, 7) is 6.26. The second kappa shape index (κ2) is 6.54. The van der Waals surface area contributed by atoms with Crippen LogP contribution in [0.2, 0.25) is 0 Å². The standard InChI is InChI=1S/C14H20N2O2S2/c1-4-10-8(3)20-12(11(10)13(17)18-5-2)16-14(19)15-9-6-7-9/h9H,4-7H2,1-3H3,(H2,15,16,19). The van der Waals surface area contributed by atoms with Gasteiger partial charge in [-0.15, -0.1) is 11.3 Å². The van der Waals surface area contributed by atoms with E-state index in [0.29, 0.717) is 23.3 Å². The van der Waals surface area contributed by atoms with Crippen LogP contribution < -0.4 is 10.6 Å². The zero-order valence-corrected chi connectivity index (χ0v) is 13.7. The third-order valence-electron chi connectivity index (χ3n) is 3.18. The van der Waals surface area contributed by atoms with Crippen LogP contribution in [0.25, 0.3) is 0 Å². The minimum absolute atomic E-state index is 0.273. The van der Waals surface area contributed by atoms with Crippen molar-refractivity contribution in [3.05, 3.63) is 16.0 Å². The molecule has 1 heterocycles. The molecule has 110 valence electrons. The highest BCUT2D eigenvalue weighted by atomic mass is 32.1. The molecule has 0 atom stereocenters. The van der Waals surface area contributed by atoms with E-state index in [0.717, 1.165) is 34.7 Å². The van der Waals surface area contributed by atoms with Crippen LogP contribution >= 0.6 is 23.6 Å². The van der Waals surface area contributed by atoms with E-state index >= 15 is 0 Å². The quantitative estimate of drug-likeness (QED) is 0.646. The normalized spacial score (nSPS) is 13.9. The molecule has 1 aliphatic carbocycles. The molecule has 2 N–H and O–H groups in total. The van der Waals surface area contributed by atoms with E-state index < -0.39 is 0 Å². The Hall–Kier alpha value is -1.14. The number of rotatable bonds is 5. The average molecular weight is 312 g/mol. The van der Waals surface area contributed by atoms with Crippen molar-refractivity contribution < 1.29 is 9.53 Å². The van der Waals surface area contributed by atoms with E-state index in [9.17, 15) is 4.79 Å². The minimum atomic E-state index is -0.273. The number of carbonyl (C=O) groups is 1. The van der Waals surface area contributed by atoms with Gasteiger partial charge in [-0.3, -0.25) is 0 Å². The zero-order valence-electron chi connectivity index (χ0n) is 12.0. The number of hydrogen-bond acceptors (Lipinski definition) is 4. The van der Waals surface area contributed by atoms with Crippen LogP contribution in [0.3, 0.4) is 0 Å². The van der Waals surface area contributed by atoms with Gasteiger partial charge in [0.1, 0.15) is 5.00 Å². The molecule has 20 heavy (non-hydrogen) atoms. The van der Waals surface area contributed by atoms with Gasteiger partial charge in [0, 0.05) is 10.9 Å². The van der Waals surface area contributed by atoms with Crippen LogP contribution in [-0.4, -0.2) is 23.7 Å². The van der Waals surface area contributed by atoms with Gasteiger partial charge in [-0.25, -0.2) is 4.79 Å². The highest BCUT2D eigenvalue weighted by molar-refractivity contribution is 7.80. The van der Waals surface area contributed by atoms with Crippen LogP contribution in [0.15, 0.2) is 0 Å². The van der Waals surface area contributed by atoms with E-state index in [2.05, 4.69) is 10.6 Å². The molecule has 0 spiro atoms. The summed E-state index contributed by atoms with van der Waals surface area (Å²) in [5.41, 5.74) is 1.68. The van der Waals surface area contributed by atoms with Crippen LogP contribution in [0.5, 0.6) is 0 Å². The number of nitrogens with one attached hydrogen (secondary N) is 2. The molecule has 2 rings (SSSR count). The number of anilines is 1. The second-order valence-corrected chi connectivity index (χ2v) is 6.42. The van der Waals surface area contributed by atoms with Crippen molar-refractivity contribution in [1.29, 1.82) is 0 Å². The number of esters is 1. The summed E-state index contributed by atoms with van der Waals surface area (Å²) >= 11 is 6.84. The molecule has 6 heteroatoms. The molecule has 0 amide bonds. The first-order valence-electron chi connectivity index (χ1n) is 6.93. The number of thiophene rings is 1. The summed E-state index contributed by atoms with van der Waals surface area (Å²) in [6, 6.07) is 0.493. The number of ether oxygens (including phenoxy) is 1. The third kappa shape index (κ3) is 3.49. The molecule has 0 radical (unpaired) electrons. The Morgan fingerprint density at radius 2 is 2.15 bits per heavy atom. The summed E-state index contributed by atoms with van der Waals surface area (Å²) in [4.78, 5) is 13.3. The van der Waals surface area contributed by atoms with Crippen LogP contribution in [0.4, 0.5) is 5.00 Å². The van der Waals surface area contributed by atoms with Gasteiger partial charge in [-0.1, -0.05) is 6.92 Å².